The third-order valence-electron chi connectivity index (χ3n) is 3.29. The first-order valence-electron chi connectivity index (χ1n) is 6.94. The second kappa shape index (κ2) is 6.27. The van der Waals surface area contributed by atoms with Crippen molar-refractivity contribution in [3.63, 3.8) is 0 Å². The second-order valence-corrected chi connectivity index (χ2v) is 4.79. The summed E-state index contributed by atoms with van der Waals surface area (Å²) < 4.78 is 9.87. The van der Waals surface area contributed by atoms with Crippen LogP contribution in [0, 0.1) is 0 Å². The van der Waals surface area contributed by atoms with E-state index in [1.165, 1.54) is 31.4 Å². The molecule has 0 aliphatic carbocycles. The predicted octanol–water partition coefficient (Wildman–Crippen LogP) is 3.24. The number of aromatic nitrogens is 1. The van der Waals surface area contributed by atoms with E-state index in [1.807, 2.05) is 30.3 Å². The zero-order chi connectivity index (χ0) is 16.2. The number of ether oxygens (including phenoxy) is 2. The summed E-state index contributed by atoms with van der Waals surface area (Å²) in [6.07, 6.45) is 0. The van der Waals surface area contributed by atoms with E-state index in [9.17, 15) is 9.59 Å². The van der Waals surface area contributed by atoms with E-state index in [4.69, 9.17) is 4.74 Å². The SMILES string of the molecule is COC(=O)c1ccc(OC(=O)c2ccc3ccccc3n2)cc1. The van der Waals surface area contributed by atoms with Gasteiger partial charge in [-0.05, 0) is 36.4 Å². The summed E-state index contributed by atoms with van der Waals surface area (Å²) in [5.74, 6) is -0.668. The smallest absolute Gasteiger partial charge is 0.362 e. The molecule has 0 saturated heterocycles. The van der Waals surface area contributed by atoms with Gasteiger partial charge in [0.05, 0.1) is 18.2 Å². The molecule has 3 aromatic rings. The Labute approximate surface area is 132 Å². The van der Waals surface area contributed by atoms with Crippen molar-refractivity contribution >= 4 is 22.8 Å². The number of rotatable bonds is 3. The van der Waals surface area contributed by atoms with Crippen LogP contribution in [-0.2, 0) is 4.74 Å². The Bertz CT molecular complexity index is 872. The summed E-state index contributed by atoms with van der Waals surface area (Å²) in [6, 6.07) is 17.1. The Morgan fingerprint density at radius 3 is 2.35 bits per heavy atom. The van der Waals surface area contributed by atoms with Crippen molar-refractivity contribution in [3.8, 4) is 5.75 Å². The molecule has 5 heteroatoms. The van der Waals surface area contributed by atoms with Crippen molar-refractivity contribution in [3.05, 3.63) is 71.9 Å². The number of benzene rings is 2. The summed E-state index contributed by atoms with van der Waals surface area (Å²) in [6.45, 7) is 0. The molecular formula is C18H13NO4. The number of esters is 2. The van der Waals surface area contributed by atoms with Crippen LogP contribution in [0.4, 0.5) is 0 Å². The van der Waals surface area contributed by atoms with Gasteiger partial charge in [0.25, 0.3) is 0 Å². The number of fused-ring (bicyclic) bond motifs is 1. The highest BCUT2D eigenvalue weighted by Gasteiger charge is 2.12. The lowest BCUT2D eigenvalue weighted by Gasteiger charge is -2.05. The molecule has 23 heavy (non-hydrogen) atoms. The fourth-order valence-corrected chi connectivity index (χ4v) is 2.12. The van der Waals surface area contributed by atoms with Gasteiger partial charge in [0.1, 0.15) is 11.4 Å². The first-order valence-corrected chi connectivity index (χ1v) is 6.94. The van der Waals surface area contributed by atoms with E-state index in [-0.39, 0.29) is 5.69 Å². The number of carbonyl (C=O) groups is 2. The van der Waals surface area contributed by atoms with Crippen molar-refractivity contribution in [2.24, 2.45) is 0 Å². The maximum atomic E-state index is 12.2. The highest BCUT2D eigenvalue weighted by molar-refractivity contribution is 5.92. The molecule has 114 valence electrons. The van der Waals surface area contributed by atoms with Gasteiger partial charge >= 0.3 is 11.9 Å². The molecule has 0 aliphatic rings. The number of para-hydroxylation sites is 1. The Morgan fingerprint density at radius 1 is 0.870 bits per heavy atom. The molecule has 1 aromatic heterocycles. The van der Waals surface area contributed by atoms with Crippen molar-refractivity contribution in [2.75, 3.05) is 7.11 Å². The average molecular weight is 307 g/mol. The fraction of sp³-hybridized carbons (Fsp3) is 0.0556. The largest absolute Gasteiger partial charge is 0.465 e. The summed E-state index contributed by atoms with van der Waals surface area (Å²) in [5.41, 5.74) is 1.33. The molecule has 0 radical (unpaired) electrons. The van der Waals surface area contributed by atoms with Crippen LogP contribution in [0.2, 0.25) is 0 Å². The van der Waals surface area contributed by atoms with Crippen LogP contribution in [0.3, 0.4) is 0 Å². The van der Waals surface area contributed by atoms with Crippen molar-refractivity contribution < 1.29 is 19.1 Å². The fourth-order valence-electron chi connectivity index (χ4n) is 2.12. The second-order valence-electron chi connectivity index (χ2n) is 4.79. The molecule has 0 saturated carbocycles. The van der Waals surface area contributed by atoms with Crippen LogP contribution < -0.4 is 4.74 Å². The van der Waals surface area contributed by atoms with Crippen LogP contribution in [-0.4, -0.2) is 24.0 Å². The van der Waals surface area contributed by atoms with Gasteiger partial charge in [-0.1, -0.05) is 24.3 Å². The zero-order valence-corrected chi connectivity index (χ0v) is 12.4. The maximum Gasteiger partial charge on any atom is 0.362 e. The molecule has 0 bridgehead atoms. The highest BCUT2D eigenvalue weighted by Crippen LogP contribution is 2.16. The lowest BCUT2D eigenvalue weighted by atomic mass is 10.2. The minimum absolute atomic E-state index is 0.223. The molecule has 0 unspecified atom stereocenters. The predicted molar refractivity (Wildman–Crippen MR) is 84.5 cm³/mol. The van der Waals surface area contributed by atoms with E-state index >= 15 is 0 Å². The van der Waals surface area contributed by atoms with E-state index in [1.54, 1.807) is 6.07 Å². The number of pyridine rings is 1. The summed E-state index contributed by atoms with van der Waals surface area (Å²) in [7, 11) is 1.31. The highest BCUT2D eigenvalue weighted by atomic mass is 16.5. The quantitative estimate of drug-likeness (QED) is 0.549. The van der Waals surface area contributed by atoms with Crippen molar-refractivity contribution in [1.29, 1.82) is 0 Å². The molecule has 2 aromatic carbocycles. The Hall–Kier alpha value is -3.21. The number of hydrogen-bond donors (Lipinski definition) is 0. The summed E-state index contributed by atoms with van der Waals surface area (Å²) >= 11 is 0. The van der Waals surface area contributed by atoms with Crippen LogP contribution in [0.1, 0.15) is 20.8 Å². The summed E-state index contributed by atoms with van der Waals surface area (Å²) in [5, 5.41) is 0.950. The normalized spacial score (nSPS) is 10.3. The maximum absolute atomic E-state index is 12.2. The van der Waals surface area contributed by atoms with Crippen molar-refractivity contribution in [2.45, 2.75) is 0 Å². The first-order chi connectivity index (χ1) is 11.2. The molecule has 5 nitrogen and oxygen atoms in total. The minimum atomic E-state index is -0.554. The van der Waals surface area contributed by atoms with Gasteiger partial charge in [-0.25, -0.2) is 14.6 Å². The van der Waals surface area contributed by atoms with Crippen LogP contribution in [0.25, 0.3) is 10.9 Å². The lowest BCUT2D eigenvalue weighted by Crippen LogP contribution is -2.10. The number of nitrogens with zero attached hydrogens (tertiary/aromatic N) is 1. The van der Waals surface area contributed by atoms with E-state index in [2.05, 4.69) is 9.72 Å². The molecule has 0 spiro atoms. The molecule has 3 rings (SSSR count). The minimum Gasteiger partial charge on any atom is -0.465 e. The molecular weight excluding hydrogens is 294 g/mol. The van der Waals surface area contributed by atoms with Crippen LogP contribution in [0.5, 0.6) is 5.75 Å². The van der Waals surface area contributed by atoms with Gasteiger partial charge < -0.3 is 9.47 Å². The number of carbonyl (C=O) groups excluding carboxylic acids is 2. The number of hydrogen-bond acceptors (Lipinski definition) is 5. The Balaban J connectivity index is 1.78. The first kappa shape index (κ1) is 14.7. The monoisotopic (exact) mass is 307 g/mol. The topological polar surface area (TPSA) is 65.5 Å². The lowest BCUT2D eigenvalue weighted by molar-refractivity contribution is 0.0600. The third-order valence-corrected chi connectivity index (χ3v) is 3.29. The average Bonchev–Trinajstić information content (AvgIpc) is 2.61. The summed E-state index contributed by atoms with van der Waals surface area (Å²) in [4.78, 5) is 27.8. The van der Waals surface area contributed by atoms with E-state index < -0.39 is 11.9 Å². The molecule has 0 aliphatic heterocycles. The van der Waals surface area contributed by atoms with Crippen LogP contribution in [0.15, 0.2) is 60.7 Å². The van der Waals surface area contributed by atoms with Gasteiger partial charge in [0.2, 0.25) is 0 Å². The molecule has 0 N–H and O–H groups in total. The van der Waals surface area contributed by atoms with E-state index in [0.717, 1.165) is 10.9 Å². The molecule has 0 atom stereocenters. The van der Waals surface area contributed by atoms with Crippen LogP contribution >= 0.6 is 0 Å². The van der Waals surface area contributed by atoms with Gasteiger partial charge in [-0.2, -0.15) is 0 Å². The van der Waals surface area contributed by atoms with Gasteiger partial charge in [-0.3, -0.25) is 0 Å². The van der Waals surface area contributed by atoms with Crippen molar-refractivity contribution in [1.82, 2.24) is 4.98 Å². The molecule has 1 heterocycles. The number of methoxy groups -OCH3 is 1. The van der Waals surface area contributed by atoms with E-state index in [0.29, 0.717) is 11.3 Å². The van der Waals surface area contributed by atoms with Gasteiger partial charge in [0, 0.05) is 5.39 Å². The third kappa shape index (κ3) is 3.18. The molecule has 0 amide bonds. The Kier molecular flexibility index (Phi) is 4.01. The Morgan fingerprint density at radius 2 is 1.61 bits per heavy atom. The standard InChI is InChI=1S/C18H13NO4/c1-22-17(20)13-6-9-14(10-7-13)23-18(21)16-11-8-12-4-2-3-5-15(12)19-16/h2-11H,1H3. The van der Waals surface area contributed by atoms with Gasteiger partial charge in [-0.15, -0.1) is 0 Å². The molecule has 0 fully saturated rings. The van der Waals surface area contributed by atoms with Gasteiger partial charge in [0.15, 0.2) is 0 Å². The zero-order valence-electron chi connectivity index (χ0n) is 12.4.